The second kappa shape index (κ2) is 6.55. The number of benzene rings is 3. The SMILES string of the molecule is Nc1ccc(Nc2ccc(C(=O)c3ccccc3)cc2)c(Cl)c1. The second-order valence-corrected chi connectivity index (χ2v) is 5.54. The average molecular weight is 323 g/mol. The summed E-state index contributed by atoms with van der Waals surface area (Å²) in [5.74, 6) is 0.00247. The Hall–Kier alpha value is -2.78. The molecule has 0 saturated carbocycles. The highest BCUT2D eigenvalue weighted by molar-refractivity contribution is 6.33. The molecule has 0 aromatic heterocycles. The van der Waals surface area contributed by atoms with Gasteiger partial charge in [-0.25, -0.2) is 0 Å². The zero-order valence-corrected chi connectivity index (χ0v) is 13.0. The molecule has 23 heavy (non-hydrogen) atoms. The number of hydrogen-bond acceptors (Lipinski definition) is 3. The Labute approximate surface area is 139 Å². The second-order valence-electron chi connectivity index (χ2n) is 5.14. The summed E-state index contributed by atoms with van der Waals surface area (Å²) in [6, 6.07) is 21.8. The fourth-order valence-electron chi connectivity index (χ4n) is 2.25. The van der Waals surface area contributed by atoms with Crippen LogP contribution in [0.1, 0.15) is 15.9 Å². The summed E-state index contributed by atoms with van der Waals surface area (Å²) >= 11 is 6.14. The Bertz CT molecular complexity index is 830. The Morgan fingerprint density at radius 2 is 1.52 bits per heavy atom. The first-order valence-electron chi connectivity index (χ1n) is 7.15. The minimum atomic E-state index is 0.00247. The van der Waals surface area contributed by atoms with Crippen molar-refractivity contribution in [3.63, 3.8) is 0 Å². The molecule has 3 aromatic carbocycles. The molecule has 3 nitrogen and oxygen atoms in total. The molecule has 0 aliphatic rings. The van der Waals surface area contributed by atoms with Gasteiger partial charge in [-0.05, 0) is 42.5 Å². The largest absolute Gasteiger partial charge is 0.399 e. The summed E-state index contributed by atoms with van der Waals surface area (Å²) in [6.07, 6.45) is 0. The molecule has 0 unspecified atom stereocenters. The summed E-state index contributed by atoms with van der Waals surface area (Å²) in [5, 5.41) is 3.76. The molecule has 0 aliphatic carbocycles. The number of nitrogens with one attached hydrogen (secondary N) is 1. The van der Waals surface area contributed by atoms with Gasteiger partial charge in [0.25, 0.3) is 0 Å². The van der Waals surface area contributed by atoms with Crippen LogP contribution in [0, 0.1) is 0 Å². The average Bonchev–Trinajstić information content (AvgIpc) is 2.58. The molecule has 0 aliphatic heterocycles. The van der Waals surface area contributed by atoms with Crippen molar-refractivity contribution in [2.75, 3.05) is 11.1 Å². The highest BCUT2D eigenvalue weighted by Crippen LogP contribution is 2.27. The molecule has 0 saturated heterocycles. The van der Waals surface area contributed by atoms with Gasteiger partial charge in [0.1, 0.15) is 0 Å². The Kier molecular flexibility index (Phi) is 4.31. The third-order valence-electron chi connectivity index (χ3n) is 3.46. The van der Waals surface area contributed by atoms with Crippen LogP contribution in [0.2, 0.25) is 5.02 Å². The molecular formula is C19H15ClN2O. The number of nitrogen functional groups attached to an aromatic ring is 1. The molecule has 3 aromatic rings. The molecule has 0 amide bonds. The van der Waals surface area contributed by atoms with E-state index in [-0.39, 0.29) is 5.78 Å². The van der Waals surface area contributed by atoms with Crippen molar-refractivity contribution in [1.82, 2.24) is 0 Å². The van der Waals surface area contributed by atoms with Crippen LogP contribution in [0.25, 0.3) is 0 Å². The molecule has 4 heteroatoms. The Balaban J connectivity index is 1.78. The van der Waals surface area contributed by atoms with Gasteiger partial charge in [0.15, 0.2) is 5.78 Å². The molecule has 0 radical (unpaired) electrons. The van der Waals surface area contributed by atoms with Crippen LogP contribution in [-0.4, -0.2) is 5.78 Å². The lowest BCUT2D eigenvalue weighted by Crippen LogP contribution is -2.01. The Morgan fingerprint density at radius 3 is 2.17 bits per heavy atom. The standard InChI is InChI=1S/C19H15ClN2O/c20-17-12-15(21)8-11-18(17)22-16-9-6-14(7-10-16)19(23)13-4-2-1-3-5-13/h1-12,22H,21H2. The number of carbonyl (C=O) groups is 1. The highest BCUT2D eigenvalue weighted by atomic mass is 35.5. The zero-order valence-electron chi connectivity index (χ0n) is 12.3. The third-order valence-corrected chi connectivity index (χ3v) is 3.77. The zero-order chi connectivity index (χ0) is 16.2. The topological polar surface area (TPSA) is 55.1 Å². The van der Waals surface area contributed by atoms with Crippen molar-refractivity contribution in [2.24, 2.45) is 0 Å². The molecule has 0 atom stereocenters. The maximum atomic E-state index is 12.4. The number of hydrogen-bond donors (Lipinski definition) is 2. The van der Waals surface area contributed by atoms with Crippen molar-refractivity contribution < 1.29 is 4.79 Å². The maximum absolute atomic E-state index is 12.4. The van der Waals surface area contributed by atoms with Crippen LogP contribution < -0.4 is 11.1 Å². The third kappa shape index (κ3) is 3.52. The monoisotopic (exact) mass is 322 g/mol. The van der Waals surface area contributed by atoms with Crippen molar-refractivity contribution in [3.05, 3.63) is 88.9 Å². The van der Waals surface area contributed by atoms with Gasteiger partial charge in [-0.3, -0.25) is 4.79 Å². The van der Waals surface area contributed by atoms with Gasteiger partial charge in [0, 0.05) is 22.5 Å². The number of halogens is 1. The van der Waals surface area contributed by atoms with Crippen molar-refractivity contribution in [1.29, 1.82) is 0 Å². The molecule has 114 valence electrons. The molecule has 3 N–H and O–H groups in total. The minimum Gasteiger partial charge on any atom is -0.399 e. The van der Waals surface area contributed by atoms with E-state index in [0.717, 1.165) is 11.4 Å². The van der Waals surface area contributed by atoms with E-state index in [1.165, 1.54) is 0 Å². The van der Waals surface area contributed by atoms with E-state index in [9.17, 15) is 4.79 Å². The minimum absolute atomic E-state index is 0.00247. The molecule has 0 spiro atoms. The molecule has 0 fully saturated rings. The van der Waals surface area contributed by atoms with Crippen LogP contribution in [0.5, 0.6) is 0 Å². The quantitative estimate of drug-likeness (QED) is 0.530. The molecule has 0 heterocycles. The van der Waals surface area contributed by atoms with E-state index in [4.69, 9.17) is 17.3 Å². The lowest BCUT2D eigenvalue weighted by atomic mass is 10.0. The van der Waals surface area contributed by atoms with Crippen LogP contribution in [0.15, 0.2) is 72.8 Å². The van der Waals surface area contributed by atoms with Gasteiger partial charge >= 0.3 is 0 Å². The van der Waals surface area contributed by atoms with Gasteiger partial charge in [-0.15, -0.1) is 0 Å². The number of carbonyl (C=O) groups excluding carboxylic acids is 1. The fourth-order valence-corrected chi connectivity index (χ4v) is 2.49. The summed E-state index contributed by atoms with van der Waals surface area (Å²) < 4.78 is 0. The number of nitrogens with two attached hydrogens (primary N) is 1. The van der Waals surface area contributed by atoms with Gasteiger partial charge in [-0.2, -0.15) is 0 Å². The van der Waals surface area contributed by atoms with Crippen LogP contribution in [-0.2, 0) is 0 Å². The molecular weight excluding hydrogens is 308 g/mol. The smallest absolute Gasteiger partial charge is 0.193 e. The van der Waals surface area contributed by atoms with Gasteiger partial charge in [0.2, 0.25) is 0 Å². The first-order valence-corrected chi connectivity index (χ1v) is 7.53. The van der Waals surface area contributed by atoms with E-state index < -0.39 is 0 Å². The van der Waals surface area contributed by atoms with E-state index in [1.807, 2.05) is 48.5 Å². The van der Waals surface area contributed by atoms with E-state index in [1.54, 1.807) is 24.3 Å². The first-order chi connectivity index (χ1) is 11.1. The van der Waals surface area contributed by atoms with Crippen molar-refractivity contribution in [2.45, 2.75) is 0 Å². The van der Waals surface area contributed by atoms with E-state index >= 15 is 0 Å². The predicted molar refractivity (Wildman–Crippen MR) is 95.5 cm³/mol. The fraction of sp³-hybridized carbons (Fsp3) is 0. The van der Waals surface area contributed by atoms with Crippen LogP contribution >= 0.6 is 11.6 Å². The summed E-state index contributed by atoms with van der Waals surface area (Å²) in [4.78, 5) is 12.4. The van der Waals surface area contributed by atoms with Gasteiger partial charge in [-0.1, -0.05) is 41.9 Å². The van der Waals surface area contributed by atoms with Crippen molar-refractivity contribution >= 4 is 34.4 Å². The lowest BCUT2D eigenvalue weighted by molar-refractivity contribution is 0.103. The first kappa shape index (κ1) is 15.1. The Morgan fingerprint density at radius 1 is 0.870 bits per heavy atom. The predicted octanol–water partition coefficient (Wildman–Crippen LogP) is 4.90. The van der Waals surface area contributed by atoms with E-state index in [0.29, 0.717) is 21.8 Å². The van der Waals surface area contributed by atoms with Crippen LogP contribution in [0.4, 0.5) is 17.1 Å². The molecule has 0 bridgehead atoms. The number of anilines is 3. The van der Waals surface area contributed by atoms with E-state index in [2.05, 4.69) is 5.32 Å². The number of ketones is 1. The van der Waals surface area contributed by atoms with Crippen LogP contribution in [0.3, 0.4) is 0 Å². The van der Waals surface area contributed by atoms with Gasteiger partial charge in [0.05, 0.1) is 10.7 Å². The lowest BCUT2D eigenvalue weighted by Gasteiger charge is -2.09. The van der Waals surface area contributed by atoms with Gasteiger partial charge < -0.3 is 11.1 Å². The number of rotatable bonds is 4. The summed E-state index contributed by atoms with van der Waals surface area (Å²) in [7, 11) is 0. The maximum Gasteiger partial charge on any atom is 0.193 e. The molecule has 3 rings (SSSR count). The highest BCUT2D eigenvalue weighted by Gasteiger charge is 2.08. The van der Waals surface area contributed by atoms with Crippen molar-refractivity contribution in [3.8, 4) is 0 Å². The normalized spacial score (nSPS) is 10.3. The summed E-state index contributed by atoms with van der Waals surface area (Å²) in [5.41, 5.74) is 9.23. The summed E-state index contributed by atoms with van der Waals surface area (Å²) in [6.45, 7) is 0.